The summed E-state index contributed by atoms with van der Waals surface area (Å²) in [6, 6.07) is 0. The number of hydrogen-bond acceptors (Lipinski definition) is 1. The fourth-order valence-electron chi connectivity index (χ4n) is 0.440. The second-order valence-electron chi connectivity index (χ2n) is 2.97. The lowest BCUT2D eigenvalue weighted by Gasteiger charge is -2.22. The third-order valence-electron chi connectivity index (χ3n) is 0.918. The second kappa shape index (κ2) is 8.19. The van der Waals surface area contributed by atoms with E-state index in [1.54, 1.807) is 0 Å². The van der Waals surface area contributed by atoms with Gasteiger partial charge in [0.25, 0.3) is 0 Å². The third kappa shape index (κ3) is 16.0. The zero-order valence-electron chi connectivity index (χ0n) is 6.60. The maximum atomic E-state index is 9.84. The molecule has 0 saturated carbocycles. The fourth-order valence-corrected chi connectivity index (χ4v) is 0.440. The van der Waals surface area contributed by atoms with Crippen molar-refractivity contribution < 1.29 is 9.28 Å². The Bertz CT molecular complexity index is 80.3. The molecule has 0 aromatic carbocycles. The molecule has 0 saturated heterocycles. The van der Waals surface area contributed by atoms with Gasteiger partial charge >= 0.3 is 0 Å². The first-order valence-electron chi connectivity index (χ1n) is 2.94. The Morgan fingerprint density at radius 2 is 1.70 bits per heavy atom. The van der Waals surface area contributed by atoms with Gasteiger partial charge in [0, 0.05) is 37.2 Å². The number of carbonyl (C=O) groups is 1. The highest BCUT2D eigenvalue weighted by Crippen LogP contribution is 1.89. The Morgan fingerprint density at radius 1 is 1.30 bits per heavy atom. The Balaban J connectivity index is 0. The molecule has 0 unspecified atom stereocenters. The summed E-state index contributed by atoms with van der Waals surface area (Å²) in [6.45, 7) is 0.934. The van der Waals surface area contributed by atoms with Crippen LogP contribution in [-0.2, 0) is 4.79 Å². The van der Waals surface area contributed by atoms with Gasteiger partial charge in [0.1, 0.15) is 6.29 Å². The van der Waals surface area contributed by atoms with Crippen molar-refractivity contribution in [2.24, 2.45) is 0 Å². The minimum Gasteiger partial charge on any atom is -0.331 e. The fraction of sp³-hybridized carbons (Fsp3) is 0.833. The molecule has 0 heterocycles. The third-order valence-corrected chi connectivity index (χ3v) is 0.918. The molecule has 0 radical (unpaired) electrons. The Morgan fingerprint density at radius 3 is 1.80 bits per heavy atom. The summed E-state index contributed by atoms with van der Waals surface area (Å²) >= 11 is 4.24. The van der Waals surface area contributed by atoms with Crippen molar-refractivity contribution >= 4 is 43.5 Å². The molecule has 4 heteroatoms. The van der Waals surface area contributed by atoms with Gasteiger partial charge in [-0.25, -0.2) is 0 Å². The first kappa shape index (κ1) is 13.7. The molecule has 0 atom stereocenters. The molecular formula is C6H14I2NO+. The van der Waals surface area contributed by atoms with E-state index in [0.717, 1.165) is 17.3 Å². The summed E-state index contributed by atoms with van der Waals surface area (Å²) in [5, 5.41) is 0. The molecule has 0 rings (SSSR count). The lowest BCUT2D eigenvalue weighted by molar-refractivity contribution is -0.869. The van der Waals surface area contributed by atoms with Crippen molar-refractivity contribution in [1.82, 2.24) is 0 Å². The van der Waals surface area contributed by atoms with Crippen molar-refractivity contribution in [3.63, 3.8) is 0 Å². The number of nitrogens with zero attached hydrogens (tertiary/aromatic N) is 1. The molecule has 0 aromatic heterocycles. The molecule has 0 fully saturated rings. The molecule has 62 valence electrons. The summed E-state index contributed by atoms with van der Waals surface area (Å²) in [4.78, 5) is 9.84. The molecule has 0 aromatic rings. The Hall–Kier alpha value is 1.09. The van der Waals surface area contributed by atoms with Gasteiger partial charge < -0.3 is 9.28 Å². The smallest absolute Gasteiger partial charge is 0.125 e. The van der Waals surface area contributed by atoms with E-state index in [1.165, 1.54) is 0 Å². The van der Waals surface area contributed by atoms with Crippen LogP contribution in [0.5, 0.6) is 0 Å². The van der Waals surface area contributed by atoms with Crippen LogP contribution in [0.2, 0.25) is 0 Å². The second-order valence-corrected chi connectivity index (χ2v) is 2.97. The van der Waals surface area contributed by atoms with Gasteiger partial charge in [0.2, 0.25) is 0 Å². The van der Waals surface area contributed by atoms with E-state index in [0.29, 0.717) is 6.42 Å². The largest absolute Gasteiger partial charge is 0.331 e. The van der Waals surface area contributed by atoms with E-state index in [4.69, 9.17) is 0 Å². The van der Waals surface area contributed by atoms with Gasteiger partial charge in [0.05, 0.1) is 34.1 Å². The quantitative estimate of drug-likeness (QED) is 0.423. The van der Waals surface area contributed by atoms with Gasteiger partial charge in [0.15, 0.2) is 0 Å². The molecule has 0 spiro atoms. The number of quaternary nitrogens is 1. The van der Waals surface area contributed by atoms with Crippen molar-refractivity contribution in [2.75, 3.05) is 27.7 Å². The van der Waals surface area contributed by atoms with Gasteiger partial charge in [-0.05, 0) is 0 Å². The van der Waals surface area contributed by atoms with Gasteiger partial charge in [-0.1, -0.05) is 0 Å². The van der Waals surface area contributed by atoms with Crippen molar-refractivity contribution in [3.8, 4) is 0 Å². The maximum Gasteiger partial charge on any atom is 0.125 e. The predicted molar refractivity (Wildman–Crippen MR) is 61.6 cm³/mol. The summed E-state index contributed by atoms with van der Waals surface area (Å²) < 4.78 is 0.874. The topological polar surface area (TPSA) is 17.1 Å². The van der Waals surface area contributed by atoms with Crippen LogP contribution in [0.1, 0.15) is 6.42 Å². The normalized spacial score (nSPS) is 9.70. The van der Waals surface area contributed by atoms with Crippen LogP contribution < -0.4 is 0 Å². The van der Waals surface area contributed by atoms with Crippen LogP contribution >= 0.6 is 37.2 Å². The first-order valence-corrected chi connectivity index (χ1v) is 9.23. The highest BCUT2D eigenvalue weighted by atomic mass is 128. The number of halogens is 2. The van der Waals surface area contributed by atoms with E-state index >= 15 is 0 Å². The molecule has 10 heavy (non-hydrogen) atoms. The zero-order chi connectivity index (χ0) is 8.62. The monoisotopic (exact) mass is 370 g/mol. The molecule has 0 aliphatic rings. The van der Waals surface area contributed by atoms with Gasteiger partial charge in [-0.2, -0.15) is 0 Å². The van der Waals surface area contributed by atoms with E-state index in [1.807, 2.05) is 0 Å². The molecule has 0 aliphatic heterocycles. The van der Waals surface area contributed by atoms with E-state index in [2.05, 4.69) is 58.4 Å². The van der Waals surface area contributed by atoms with E-state index < -0.39 is 0 Å². The number of hydrogen-bond donors (Lipinski definition) is 0. The van der Waals surface area contributed by atoms with Crippen LogP contribution in [-0.4, -0.2) is 38.5 Å². The van der Waals surface area contributed by atoms with Gasteiger partial charge in [-0.3, -0.25) is 0 Å². The summed E-state index contributed by atoms with van der Waals surface area (Å²) in [5.74, 6) is 0. The van der Waals surface area contributed by atoms with Crippen LogP contribution in [0, 0.1) is 0 Å². The van der Waals surface area contributed by atoms with Crippen LogP contribution in [0.4, 0.5) is 0 Å². The average Bonchev–Trinajstić information content (AvgIpc) is 1.87. The summed E-state index contributed by atoms with van der Waals surface area (Å²) in [5.41, 5.74) is 0. The van der Waals surface area contributed by atoms with Crippen LogP contribution in [0.3, 0.4) is 0 Å². The van der Waals surface area contributed by atoms with Crippen molar-refractivity contribution in [3.05, 3.63) is 0 Å². The van der Waals surface area contributed by atoms with Crippen LogP contribution in [0.15, 0.2) is 0 Å². The molecule has 0 amide bonds. The lowest BCUT2D eigenvalue weighted by Crippen LogP contribution is -2.35. The zero-order valence-corrected chi connectivity index (χ0v) is 10.9. The highest BCUT2D eigenvalue weighted by molar-refractivity contribution is 15.0. The minimum absolute atomic E-state index is 0.670. The predicted octanol–water partition coefficient (Wildman–Crippen LogP) is 2.05. The number of carbonyl (C=O) groups excluding carboxylic acids is 1. The van der Waals surface area contributed by atoms with Crippen molar-refractivity contribution in [1.29, 1.82) is 0 Å². The minimum atomic E-state index is 0.670. The Kier molecular flexibility index (Phi) is 11.2. The van der Waals surface area contributed by atoms with Gasteiger partial charge in [-0.15, -0.1) is 0 Å². The molecule has 0 bridgehead atoms. The molecule has 0 aliphatic carbocycles. The maximum absolute atomic E-state index is 9.84. The van der Waals surface area contributed by atoms with E-state index in [-0.39, 0.29) is 0 Å². The lowest BCUT2D eigenvalue weighted by atomic mass is 10.4. The van der Waals surface area contributed by atoms with Crippen molar-refractivity contribution in [2.45, 2.75) is 6.42 Å². The number of aldehydes is 1. The van der Waals surface area contributed by atoms with Crippen LogP contribution in [0.25, 0.3) is 0 Å². The molecular weight excluding hydrogens is 356 g/mol. The number of rotatable bonds is 3. The average molecular weight is 370 g/mol. The molecule has 2 nitrogen and oxygen atoms in total. The first-order chi connectivity index (χ1) is 4.56. The molecule has 0 N–H and O–H groups in total. The highest BCUT2D eigenvalue weighted by Gasteiger charge is 2.03. The summed E-state index contributed by atoms with van der Waals surface area (Å²) in [7, 11) is 6.22. The Labute approximate surface area is 86.3 Å². The summed E-state index contributed by atoms with van der Waals surface area (Å²) in [6.07, 6.45) is 1.63. The standard InChI is InChI=1S/C6H14NO.I2/c1-7(2,3)5-4-6-8;1-2/h6H,4-5H2,1-3H3;/q+1;. The SMILES string of the molecule is C[N+](C)(C)CCC=O.II. The van der Waals surface area contributed by atoms with E-state index in [9.17, 15) is 4.79 Å².